The number of carboxylic acids is 1. The molecular weight excluding hydrogens is 299 g/mol. The van der Waals surface area contributed by atoms with Crippen LogP contribution in [0.25, 0.3) is 0 Å². The zero-order chi connectivity index (χ0) is 15.7. The first-order valence-corrected chi connectivity index (χ1v) is 7.77. The van der Waals surface area contributed by atoms with Crippen LogP contribution in [0, 0.1) is 0 Å². The van der Waals surface area contributed by atoms with E-state index in [4.69, 9.17) is 18.6 Å². The lowest BCUT2D eigenvalue weighted by Crippen LogP contribution is -2.08. The van der Waals surface area contributed by atoms with Gasteiger partial charge in [-0.05, 0) is 38.1 Å². The highest BCUT2D eigenvalue weighted by Gasteiger charge is 2.31. The van der Waals surface area contributed by atoms with Crippen molar-refractivity contribution in [3.05, 3.63) is 42.6 Å². The zero-order valence-electron chi connectivity index (χ0n) is 11.7. The molecule has 21 heavy (non-hydrogen) atoms. The quantitative estimate of drug-likeness (QED) is 0.817. The smallest absolute Gasteiger partial charge is 0.396 e. The fourth-order valence-corrected chi connectivity index (χ4v) is 2.80. The van der Waals surface area contributed by atoms with E-state index in [2.05, 4.69) is 4.42 Å². The predicted octanol–water partition coefficient (Wildman–Crippen LogP) is 3.15. The van der Waals surface area contributed by atoms with Crippen LogP contribution >= 0.6 is 7.60 Å². The molecular formula is C13H17O7P. The SMILES string of the molecule is CCOP(=O)(OCC)c1ccc(C(=O)O)o1.c1ccoc1. The number of carbonyl (C=O) groups is 1. The number of aromatic carboxylic acids is 1. The van der Waals surface area contributed by atoms with E-state index in [0.717, 1.165) is 0 Å². The highest BCUT2D eigenvalue weighted by Crippen LogP contribution is 2.47. The Morgan fingerprint density at radius 3 is 2.10 bits per heavy atom. The minimum atomic E-state index is -3.52. The molecule has 8 heteroatoms. The van der Waals surface area contributed by atoms with Gasteiger partial charge in [-0.1, -0.05) is 0 Å². The van der Waals surface area contributed by atoms with Crippen molar-refractivity contribution in [2.24, 2.45) is 0 Å². The largest absolute Gasteiger partial charge is 0.475 e. The Hall–Kier alpha value is -1.82. The van der Waals surface area contributed by atoms with E-state index in [9.17, 15) is 9.36 Å². The molecule has 0 aromatic carbocycles. The van der Waals surface area contributed by atoms with E-state index < -0.39 is 13.6 Å². The molecule has 0 aliphatic rings. The minimum Gasteiger partial charge on any atom is -0.475 e. The van der Waals surface area contributed by atoms with E-state index in [1.807, 2.05) is 12.1 Å². The van der Waals surface area contributed by atoms with Gasteiger partial charge in [-0.2, -0.15) is 0 Å². The van der Waals surface area contributed by atoms with Gasteiger partial charge in [-0.15, -0.1) is 0 Å². The molecule has 0 saturated carbocycles. The highest BCUT2D eigenvalue weighted by atomic mass is 31.2. The number of rotatable bonds is 6. The number of furan rings is 2. The number of hydrogen-bond acceptors (Lipinski definition) is 6. The average molecular weight is 316 g/mol. The Morgan fingerprint density at radius 2 is 1.76 bits per heavy atom. The number of hydrogen-bond donors (Lipinski definition) is 1. The van der Waals surface area contributed by atoms with Crippen LogP contribution in [-0.4, -0.2) is 24.3 Å². The molecule has 1 N–H and O–H groups in total. The first-order valence-electron chi connectivity index (χ1n) is 6.23. The summed E-state index contributed by atoms with van der Waals surface area (Å²) in [7, 11) is -3.52. The van der Waals surface area contributed by atoms with Gasteiger partial charge >= 0.3 is 13.6 Å². The fourth-order valence-electron chi connectivity index (χ4n) is 1.32. The second-order valence-electron chi connectivity index (χ2n) is 3.57. The van der Waals surface area contributed by atoms with Crippen molar-refractivity contribution < 1.29 is 32.3 Å². The molecule has 0 amide bonds. The highest BCUT2D eigenvalue weighted by molar-refractivity contribution is 7.61. The molecule has 2 heterocycles. The van der Waals surface area contributed by atoms with E-state index in [0.29, 0.717) is 0 Å². The van der Waals surface area contributed by atoms with Crippen molar-refractivity contribution in [2.45, 2.75) is 13.8 Å². The molecule has 0 atom stereocenters. The monoisotopic (exact) mass is 316 g/mol. The zero-order valence-corrected chi connectivity index (χ0v) is 12.6. The lowest BCUT2D eigenvalue weighted by molar-refractivity contribution is 0.0664. The summed E-state index contributed by atoms with van der Waals surface area (Å²) in [5, 5.41) is 8.66. The first-order chi connectivity index (χ1) is 10.0. The summed E-state index contributed by atoms with van der Waals surface area (Å²) in [6, 6.07) is 6.16. The average Bonchev–Trinajstić information content (AvgIpc) is 3.14. The minimum absolute atomic E-state index is 0.0893. The van der Waals surface area contributed by atoms with Crippen molar-refractivity contribution in [3.8, 4) is 0 Å². The lowest BCUT2D eigenvalue weighted by atomic mass is 10.5. The van der Waals surface area contributed by atoms with Gasteiger partial charge in [0.15, 0.2) is 0 Å². The van der Waals surface area contributed by atoms with Gasteiger partial charge in [-0.3, -0.25) is 4.57 Å². The molecule has 0 aliphatic heterocycles. The Balaban J connectivity index is 0.000000369. The molecule has 0 aliphatic carbocycles. The Labute approximate surface area is 122 Å². The maximum Gasteiger partial charge on any atom is 0.396 e. The second kappa shape index (κ2) is 8.46. The maximum atomic E-state index is 12.1. The van der Waals surface area contributed by atoms with Crippen LogP contribution in [0.4, 0.5) is 0 Å². The van der Waals surface area contributed by atoms with Crippen molar-refractivity contribution in [1.82, 2.24) is 0 Å². The molecule has 7 nitrogen and oxygen atoms in total. The van der Waals surface area contributed by atoms with Crippen LogP contribution in [0.1, 0.15) is 24.4 Å². The van der Waals surface area contributed by atoms with E-state index in [-0.39, 0.29) is 24.5 Å². The fraction of sp³-hybridized carbons (Fsp3) is 0.308. The summed E-state index contributed by atoms with van der Waals surface area (Å²) >= 11 is 0. The molecule has 0 unspecified atom stereocenters. The second-order valence-corrected chi connectivity index (χ2v) is 5.52. The maximum absolute atomic E-state index is 12.1. The van der Waals surface area contributed by atoms with Crippen LogP contribution in [0.3, 0.4) is 0 Å². The van der Waals surface area contributed by atoms with Crippen molar-refractivity contribution >= 4 is 19.1 Å². The van der Waals surface area contributed by atoms with Gasteiger partial charge in [0, 0.05) is 0 Å². The molecule has 116 valence electrons. The number of carboxylic acid groups (broad SMARTS) is 1. The molecule has 0 spiro atoms. The van der Waals surface area contributed by atoms with Crippen LogP contribution in [0.5, 0.6) is 0 Å². The topological polar surface area (TPSA) is 99.1 Å². The molecule has 0 bridgehead atoms. The summed E-state index contributed by atoms with van der Waals surface area (Å²) in [5.74, 6) is -1.53. The first kappa shape index (κ1) is 17.2. The summed E-state index contributed by atoms with van der Waals surface area (Å²) in [5.41, 5.74) is -0.0893. The van der Waals surface area contributed by atoms with Gasteiger partial charge < -0.3 is 23.0 Å². The van der Waals surface area contributed by atoms with Crippen LogP contribution in [-0.2, 0) is 13.6 Å². The molecule has 2 aromatic rings. The molecule has 2 rings (SSSR count). The summed E-state index contributed by atoms with van der Waals surface area (Å²) in [6.07, 6.45) is 3.25. The Kier molecular flexibility index (Phi) is 6.94. The van der Waals surface area contributed by atoms with Crippen LogP contribution < -0.4 is 5.50 Å². The van der Waals surface area contributed by atoms with Crippen LogP contribution in [0.2, 0.25) is 0 Å². The van der Waals surface area contributed by atoms with Gasteiger partial charge in [0.25, 0.3) is 0 Å². The summed E-state index contributed by atoms with van der Waals surface area (Å²) in [4.78, 5) is 10.6. The van der Waals surface area contributed by atoms with Crippen LogP contribution in [0.15, 0.2) is 45.6 Å². The van der Waals surface area contributed by atoms with Crippen molar-refractivity contribution in [3.63, 3.8) is 0 Å². The molecule has 2 aromatic heterocycles. The van der Waals surface area contributed by atoms with E-state index in [1.54, 1.807) is 26.4 Å². The molecule has 0 saturated heterocycles. The van der Waals surface area contributed by atoms with Gasteiger partial charge in [0.05, 0.1) is 25.7 Å². The third kappa shape index (κ3) is 5.23. The molecule has 0 radical (unpaired) electrons. The lowest BCUT2D eigenvalue weighted by Gasteiger charge is -2.13. The standard InChI is InChI=1S/C9H13O6P.C4H4O/c1-3-13-16(12,14-4-2)8-6-5-7(15-8)9(10)11;1-2-4-5-3-1/h5-6H,3-4H2,1-2H3,(H,10,11);1-4H. The Bertz CT molecular complexity index is 546. The van der Waals surface area contributed by atoms with E-state index in [1.165, 1.54) is 12.1 Å². The summed E-state index contributed by atoms with van der Waals surface area (Å²) < 4.78 is 31.6. The van der Waals surface area contributed by atoms with Crippen molar-refractivity contribution in [2.75, 3.05) is 13.2 Å². The van der Waals surface area contributed by atoms with Gasteiger partial charge in [-0.25, -0.2) is 4.79 Å². The Morgan fingerprint density at radius 1 is 1.19 bits per heavy atom. The third-order valence-electron chi connectivity index (χ3n) is 2.10. The summed E-state index contributed by atoms with van der Waals surface area (Å²) in [6.45, 7) is 3.68. The van der Waals surface area contributed by atoms with Crippen molar-refractivity contribution in [1.29, 1.82) is 0 Å². The van der Waals surface area contributed by atoms with Gasteiger partial charge in [0.2, 0.25) is 11.3 Å². The molecule has 0 fully saturated rings. The normalized spacial score (nSPS) is 10.8. The van der Waals surface area contributed by atoms with E-state index >= 15 is 0 Å². The predicted molar refractivity (Wildman–Crippen MR) is 74.9 cm³/mol. The van der Waals surface area contributed by atoms with Gasteiger partial charge in [0.1, 0.15) is 0 Å². The third-order valence-corrected chi connectivity index (χ3v) is 4.07.